The van der Waals surface area contributed by atoms with Gasteiger partial charge in [0.15, 0.2) is 0 Å². The SMILES string of the molecule is Cc1sc(C(=O)O)cc1CNCCCO. The Kier molecular flexibility index (Phi) is 4.74. The quantitative estimate of drug-likeness (QED) is 0.642. The molecule has 1 aromatic heterocycles. The molecule has 0 amide bonds. The van der Waals surface area contributed by atoms with Gasteiger partial charge in [0.25, 0.3) is 0 Å². The number of aryl methyl sites for hydroxylation is 1. The monoisotopic (exact) mass is 229 g/mol. The van der Waals surface area contributed by atoms with E-state index in [1.54, 1.807) is 6.07 Å². The summed E-state index contributed by atoms with van der Waals surface area (Å²) >= 11 is 1.30. The molecule has 4 nitrogen and oxygen atoms in total. The first-order valence-corrected chi connectivity index (χ1v) is 5.61. The molecular formula is C10H15NO3S. The number of carboxylic acid groups (broad SMARTS) is 1. The second-order valence-electron chi connectivity index (χ2n) is 3.25. The molecule has 0 atom stereocenters. The maximum absolute atomic E-state index is 10.7. The first-order chi connectivity index (χ1) is 7.15. The summed E-state index contributed by atoms with van der Waals surface area (Å²) in [5, 5.41) is 20.5. The third-order valence-electron chi connectivity index (χ3n) is 2.06. The number of nitrogens with one attached hydrogen (secondary N) is 1. The lowest BCUT2D eigenvalue weighted by molar-refractivity contribution is 0.0702. The van der Waals surface area contributed by atoms with E-state index in [-0.39, 0.29) is 6.61 Å². The van der Waals surface area contributed by atoms with Crippen LogP contribution in [0.4, 0.5) is 0 Å². The smallest absolute Gasteiger partial charge is 0.345 e. The zero-order chi connectivity index (χ0) is 11.3. The van der Waals surface area contributed by atoms with Crippen LogP contribution in [0.15, 0.2) is 6.07 Å². The highest BCUT2D eigenvalue weighted by Crippen LogP contribution is 2.21. The van der Waals surface area contributed by atoms with Crippen molar-refractivity contribution in [3.05, 3.63) is 21.4 Å². The second-order valence-corrected chi connectivity index (χ2v) is 4.51. The molecule has 0 radical (unpaired) electrons. The van der Waals surface area contributed by atoms with E-state index in [1.807, 2.05) is 6.92 Å². The minimum absolute atomic E-state index is 0.177. The third kappa shape index (κ3) is 3.62. The first-order valence-electron chi connectivity index (χ1n) is 4.79. The summed E-state index contributed by atoms with van der Waals surface area (Å²) in [6, 6.07) is 1.70. The van der Waals surface area contributed by atoms with Crippen molar-refractivity contribution in [3.8, 4) is 0 Å². The molecule has 3 N–H and O–H groups in total. The molecule has 0 aliphatic carbocycles. The molecule has 15 heavy (non-hydrogen) atoms. The summed E-state index contributed by atoms with van der Waals surface area (Å²) in [6.45, 7) is 3.50. The van der Waals surface area contributed by atoms with Crippen molar-refractivity contribution in [1.29, 1.82) is 0 Å². The van der Waals surface area contributed by atoms with Gasteiger partial charge in [0.2, 0.25) is 0 Å². The number of aromatic carboxylic acids is 1. The van der Waals surface area contributed by atoms with Crippen LogP contribution in [0.1, 0.15) is 26.5 Å². The molecule has 0 unspecified atom stereocenters. The maximum Gasteiger partial charge on any atom is 0.345 e. The van der Waals surface area contributed by atoms with Crippen molar-refractivity contribution in [2.24, 2.45) is 0 Å². The zero-order valence-electron chi connectivity index (χ0n) is 8.62. The van der Waals surface area contributed by atoms with Crippen molar-refractivity contribution in [2.45, 2.75) is 19.9 Å². The summed E-state index contributed by atoms with van der Waals surface area (Å²) in [5.41, 5.74) is 1.02. The lowest BCUT2D eigenvalue weighted by Gasteiger charge is -2.02. The van der Waals surface area contributed by atoms with Gasteiger partial charge in [-0.05, 0) is 31.5 Å². The number of carbonyl (C=O) groups is 1. The van der Waals surface area contributed by atoms with Crippen LogP contribution < -0.4 is 5.32 Å². The molecule has 0 fully saturated rings. The molecule has 1 heterocycles. The molecule has 84 valence electrons. The van der Waals surface area contributed by atoms with E-state index in [0.717, 1.165) is 23.4 Å². The van der Waals surface area contributed by atoms with Gasteiger partial charge in [-0.3, -0.25) is 0 Å². The summed E-state index contributed by atoms with van der Waals surface area (Å²) in [4.78, 5) is 12.1. The van der Waals surface area contributed by atoms with Gasteiger partial charge < -0.3 is 15.5 Å². The molecule has 0 spiro atoms. The van der Waals surface area contributed by atoms with E-state index in [4.69, 9.17) is 10.2 Å². The van der Waals surface area contributed by atoms with Gasteiger partial charge in [-0.2, -0.15) is 0 Å². The Bertz CT molecular complexity index is 335. The minimum atomic E-state index is -0.871. The number of aliphatic hydroxyl groups excluding tert-OH is 1. The molecule has 0 aliphatic heterocycles. The summed E-state index contributed by atoms with van der Waals surface area (Å²) in [5.74, 6) is -0.871. The van der Waals surface area contributed by atoms with E-state index in [0.29, 0.717) is 11.4 Å². The van der Waals surface area contributed by atoms with Crippen LogP contribution in [-0.4, -0.2) is 29.3 Å². The zero-order valence-corrected chi connectivity index (χ0v) is 9.43. The Morgan fingerprint density at radius 1 is 1.60 bits per heavy atom. The molecule has 5 heteroatoms. The topological polar surface area (TPSA) is 69.6 Å². The van der Waals surface area contributed by atoms with Gasteiger partial charge in [0, 0.05) is 18.0 Å². The predicted molar refractivity (Wildman–Crippen MR) is 59.4 cm³/mol. The summed E-state index contributed by atoms with van der Waals surface area (Å²) in [7, 11) is 0. The highest BCUT2D eigenvalue weighted by Gasteiger charge is 2.10. The van der Waals surface area contributed by atoms with E-state index < -0.39 is 5.97 Å². The fraction of sp³-hybridized carbons (Fsp3) is 0.500. The Labute approximate surface area is 92.6 Å². The second kappa shape index (κ2) is 5.85. The van der Waals surface area contributed by atoms with Crippen molar-refractivity contribution in [3.63, 3.8) is 0 Å². The Morgan fingerprint density at radius 2 is 2.33 bits per heavy atom. The van der Waals surface area contributed by atoms with Crippen LogP contribution in [0.2, 0.25) is 0 Å². The lowest BCUT2D eigenvalue weighted by Crippen LogP contribution is -2.15. The average Bonchev–Trinajstić information content (AvgIpc) is 2.55. The van der Waals surface area contributed by atoms with Crippen molar-refractivity contribution in [1.82, 2.24) is 5.32 Å². The maximum atomic E-state index is 10.7. The van der Waals surface area contributed by atoms with E-state index >= 15 is 0 Å². The molecule has 1 rings (SSSR count). The molecule has 0 aromatic carbocycles. The Hall–Kier alpha value is -0.910. The van der Waals surface area contributed by atoms with Crippen LogP contribution in [-0.2, 0) is 6.54 Å². The van der Waals surface area contributed by atoms with Crippen LogP contribution >= 0.6 is 11.3 Å². The fourth-order valence-electron chi connectivity index (χ4n) is 1.23. The molecule has 0 saturated carbocycles. The minimum Gasteiger partial charge on any atom is -0.477 e. The lowest BCUT2D eigenvalue weighted by atomic mass is 10.2. The van der Waals surface area contributed by atoms with Crippen molar-refractivity contribution in [2.75, 3.05) is 13.2 Å². The standard InChI is InChI=1S/C10H15NO3S/c1-7-8(6-11-3-2-4-12)5-9(15-7)10(13)14/h5,11-12H,2-4,6H2,1H3,(H,13,14). The highest BCUT2D eigenvalue weighted by molar-refractivity contribution is 7.14. The Balaban J connectivity index is 2.50. The normalized spacial score (nSPS) is 10.5. The molecule has 1 aromatic rings. The van der Waals surface area contributed by atoms with E-state index in [9.17, 15) is 4.79 Å². The number of rotatable bonds is 6. The number of hydrogen-bond acceptors (Lipinski definition) is 4. The van der Waals surface area contributed by atoms with Gasteiger partial charge >= 0.3 is 5.97 Å². The summed E-state index contributed by atoms with van der Waals surface area (Å²) in [6.07, 6.45) is 0.717. The highest BCUT2D eigenvalue weighted by atomic mass is 32.1. The van der Waals surface area contributed by atoms with E-state index in [1.165, 1.54) is 11.3 Å². The van der Waals surface area contributed by atoms with Crippen LogP contribution in [0.5, 0.6) is 0 Å². The molecule has 0 saturated heterocycles. The largest absolute Gasteiger partial charge is 0.477 e. The molecule has 0 bridgehead atoms. The predicted octanol–water partition coefficient (Wildman–Crippen LogP) is 1.23. The fourth-order valence-corrected chi connectivity index (χ4v) is 2.11. The Morgan fingerprint density at radius 3 is 2.87 bits per heavy atom. The van der Waals surface area contributed by atoms with Crippen LogP contribution in [0, 0.1) is 6.92 Å². The molecule has 0 aliphatic rings. The number of hydrogen-bond donors (Lipinski definition) is 3. The summed E-state index contributed by atoms with van der Waals surface area (Å²) < 4.78 is 0. The average molecular weight is 229 g/mol. The first kappa shape index (κ1) is 12.2. The molecular weight excluding hydrogens is 214 g/mol. The van der Waals surface area contributed by atoms with Gasteiger partial charge in [0.1, 0.15) is 4.88 Å². The van der Waals surface area contributed by atoms with E-state index in [2.05, 4.69) is 5.32 Å². The van der Waals surface area contributed by atoms with Crippen LogP contribution in [0.3, 0.4) is 0 Å². The van der Waals surface area contributed by atoms with Gasteiger partial charge in [-0.25, -0.2) is 4.79 Å². The van der Waals surface area contributed by atoms with Crippen molar-refractivity contribution < 1.29 is 15.0 Å². The number of carboxylic acids is 1. The van der Waals surface area contributed by atoms with Gasteiger partial charge in [-0.15, -0.1) is 11.3 Å². The third-order valence-corrected chi connectivity index (χ3v) is 3.14. The van der Waals surface area contributed by atoms with Gasteiger partial charge in [0.05, 0.1) is 0 Å². The van der Waals surface area contributed by atoms with Gasteiger partial charge in [-0.1, -0.05) is 0 Å². The number of thiophene rings is 1. The van der Waals surface area contributed by atoms with Crippen molar-refractivity contribution >= 4 is 17.3 Å². The van der Waals surface area contributed by atoms with Crippen LogP contribution in [0.25, 0.3) is 0 Å². The number of aliphatic hydroxyl groups is 1.